The minimum atomic E-state index is -4.52. The van der Waals surface area contributed by atoms with E-state index < -0.39 is 11.7 Å². The molecule has 0 unspecified atom stereocenters. The lowest BCUT2D eigenvalue weighted by Gasteiger charge is -2.12. The lowest BCUT2D eigenvalue weighted by molar-refractivity contribution is -0.136. The van der Waals surface area contributed by atoms with Crippen molar-refractivity contribution in [3.8, 4) is 17.2 Å². The first-order chi connectivity index (χ1) is 9.25. The summed E-state index contributed by atoms with van der Waals surface area (Å²) in [6.45, 7) is 3.42. The van der Waals surface area contributed by atoms with Crippen molar-refractivity contribution >= 4 is 5.69 Å². The molecule has 104 valence electrons. The number of halogens is 3. The number of nitrogens with one attached hydrogen (secondary N) is 1. The zero-order valence-corrected chi connectivity index (χ0v) is 10.9. The van der Waals surface area contributed by atoms with Crippen LogP contribution >= 0.6 is 0 Å². The fraction of sp³-hybridized carbons (Fsp3) is 0.214. The zero-order valence-electron chi connectivity index (χ0n) is 10.9. The normalized spacial score (nSPS) is 11.4. The van der Waals surface area contributed by atoms with Gasteiger partial charge in [0.25, 0.3) is 0 Å². The van der Waals surface area contributed by atoms with Crippen LogP contribution < -0.4 is 5.73 Å². The molecular weight excluding hydrogens is 267 g/mol. The van der Waals surface area contributed by atoms with Gasteiger partial charge >= 0.3 is 6.18 Å². The van der Waals surface area contributed by atoms with E-state index >= 15 is 0 Å². The van der Waals surface area contributed by atoms with Crippen molar-refractivity contribution < 1.29 is 13.2 Å². The number of aromatic amines is 1. The Morgan fingerprint density at radius 2 is 1.85 bits per heavy atom. The van der Waals surface area contributed by atoms with Crippen molar-refractivity contribution in [2.24, 2.45) is 0 Å². The maximum atomic E-state index is 12.9. The number of benzene rings is 1. The fourth-order valence-electron chi connectivity index (χ4n) is 2.24. The third-order valence-electron chi connectivity index (χ3n) is 3.13. The summed E-state index contributed by atoms with van der Waals surface area (Å²) in [5.74, 6) is 0. The second-order valence-electron chi connectivity index (χ2n) is 4.54. The highest BCUT2D eigenvalue weighted by atomic mass is 19.4. The number of nitrogen functional groups attached to an aromatic ring is 1. The number of hydrogen-bond donors (Lipinski definition) is 2. The molecule has 3 nitrogen and oxygen atoms in total. The van der Waals surface area contributed by atoms with Gasteiger partial charge in [0.05, 0.1) is 11.1 Å². The number of alkyl halides is 3. The van der Waals surface area contributed by atoms with Gasteiger partial charge in [0.1, 0.15) is 6.07 Å². The summed E-state index contributed by atoms with van der Waals surface area (Å²) in [5, 5.41) is 9.14. The third kappa shape index (κ3) is 2.23. The van der Waals surface area contributed by atoms with Gasteiger partial charge in [-0.3, -0.25) is 0 Å². The Morgan fingerprint density at radius 1 is 1.20 bits per heavy atom. The van der Waals surface area contributed by atoms with Crippen molar-refractivity contribution in [3.05, 3.63) is 40.7 Å². The lowest BCUT2D eigenvalue weighted by atomic mass is 9.98. The molecule has 1 aromatic carbocycles. The van der Waals surface area contributed by atoms with Gasteiger partial charge < -0.3 is 10.7 Å². The van der Waals surface area contributed by atoms with Crippen LogP contribution in [0.4, 0.5) is 18.9 Å². The molecule has 1 aromatic heterocycles. The SMILES string of the molecule is Cc1[nH]c(C)c(-c2ccc(N)c(C(F)(F)F)c2)c1C#N. The van der Waals surface area contributed by atoms with Gasteiger partial charge in [-0.15, -0.1) is 0 Å². The van der Waals surface area contributed by atoms with Crippen LogP contribution in [-0.2, 0) is 6.18 Å². The first-order valence-corrected chi connectivity index (χ1v) is 5.82. The van der Waals surface area contributed by atoms with Crippen LogP contribution in [0.3, 0.4) is 0 Å². The molecule has 0 amide bonds. The van der Waals surface area contributed by atoms with E-state index in [-0.39, 0.29) is 5.69 Å². The molecule has 0 radical (unpaired) electrons. The average Bonchev–Trinajstić information content (AvgIpc) is 2.62. The molecule has 0 aliphatic carbocycles. The van der Waals surface area contributed by atoms with Crippen molar-refractivity contribution in [1.29, 1.82) is 5.26 Å². The van der Waals surface area contributed by atoms with E-state index in [0.717, 1.165) is 6.07 Å². The number of nitrogens with two attached hydrogens (primary N) is 1. The summed E-state index contributed by atoms with van der Waals surface area (Å²) >= 11 is 0. The monoisotopic (exact) mass is 279 g/mol. The molecule has 1 heterocycles. The van der Waals surface area contributed by atoms with E-state index in [1.54, 1.807) is 13.8 Å². The molecule has 0 atom stereocenters. The van der Waals surface area contributed by atoms with Crippen molar-refractivity contribution in [3.63, 3.8) is 0 Å². The minimum absolute atomic E-state index is 0.324. The van der Waals surface area contributed by atoms with Crippen LogP contribution in [0.25, 0.3) is 11.1 Å². The summed E-state index contributed by atoms with van der Waals surface area (Å²) in [7, 11) is 0. The molecule has 2 rings (SSSR count). The Hall–Kier alpha value is -2.42. The quantitative estimate of drug-likeness (QED) is 0.780. The Bertz CT molecular complexity index is 706. The van der Waals surface area contributed by atoms with Crippen molar-refractivity contribution in [2.75, 3.05) is 5.73 Å². The molecule has 0 aliphatic rings. The van der Waals surface area contributed by atoms with Gasteiger partial charge in [-0.2, -0.15) is 18.4 Å². The van der Waals surface area contributed by atoms with E-state index in [4.69, 9.17) is 11.0 Å². The van der Waals surface area contributed by atoms with E-state index in [0.29, 0.717) is 28.1 Å². The van der Waals surface area contributed by atoms with E-state index in [1.165, 1.54) is 12.1 Å². The summed E-state index contributed by atoms with van der Waals surface area (Å²) in [6, 6.07) is 5.69. The van der Waals surface area contributed by atoms with Gasteiger partial charge in [-0.1, -0.05) is 6.07 Å². The maximum Gasteiger partial charge on any atom is 0.418 e. The maximum absolute atomic E-state index is 12.9. The number of rotatable bonds is 1. The molecule has 20 heavy (non-hydrogen) atoms. The first-order valence-electron chi connectivity index (χ1n) is 5.82. The number of aryl methyl sites for hydroxylation is 2. The summed E-state index contributed by atoms with van der Waals surface area (Å²) in [5.41, 5.74) is 6.59. The van der Waals surface area contributed by atoms with Crippen LogP contribution in [0.1, 0.15) is 22.5 Å². The number of hydrogen-bond acceptors (Lipinski definition) is 2. The zero-order chi connectivity index (χ0) is 15.1. The molecule has 0 saturated carbocycles. The molecule has 0 bridgehead atoms. The Morgan fingerprint density at radius 3 is 2.40 bits per heavy atom. The standard InChI is InChI=1S/C14H12F3N3/c1-7-10(6-18)13(8(2)20-7)9-3-4-12(19)11(5-9)14(15,16)17/h3-5,20H,19H2,1-2H3. The number of anilines is 1. The van der Waals surface area contributed by atoms with E-state index in [2.05, 4.69) is 4.98 Å². The van der Waals surface area contributed by atoms with Crippen LogP contribution in [0.15, 0.2) is 18.2 Å². The fourth-order valence-corrected chi connectivity index (χ4v) is 2.24. The number of aromatic nitrogens is 1. The number of nitriles is 1. The predicted octanol–water partition coefficient (Wildman–Crippen LogP) is 3.77. The molecule has 0 spiro atoms. The Kier molecular flexibility index (Phi) is 3.22. The Labute approximate surface area is 113 Å². The largest absolute Gasteiger partial charge is 0.418 e. The molecule has 2 aromatic rings. The first kappa shape index (κ1) is 14.0. The summed E-state index contributed by atoms with van der Waals surface area (Å²) < 4.78 is 38.6. The van der Waals surface area contributed by atoms with Gasteiger partial charge in [0.2, 0.25) is 0 Å². The number of nitrogens with zero attached hydrogens (tertiary/aromatic N) is 1. The summed E-state index contributed by atoms with van der Waals surface area (Å²) in [4.78, 5) is 2.96. The van der Waals surface area contributed by atoms with Crippen LogP contribution in [0, 0.1) is 25.2 Å². The van der Waals surface area contributed by atoms with Gasteiger partial charge in [0.15, 0.2) is 0 Å². The average molecular weight is 279 g/mol. The van der Waals surface area contributed by atoms with E-state index in [9.17, 15) is 13.2 Å². The molecule has 6 heteroatoms. The van der Waals surface area contributed by atoms with Crippen molar-refractivity contribution in [2.45, 2.75) is 20.0 Å². The van der Waals surface area contributed by atoms with Crippen LogP contribution in [-0.4, -0.2) is 4.98 Å². The summed E-state index contributed by atoms with van der Waals surface area (Å²) in [6.07, 6.45) is -4.52. The second-order valence-corrected chi connectivity index (χ2v) is 4.54. The Balaban J connectivity index is 2.70. The third-order valence-corrected chi connectivity index (χ3v) is 3.13. The minimum Gasteiger partial charge on any atom is -0.398 e. The highest BCUT2D eigenvalue weighted by molar-refractivity contribution is 5.76. The van der Waals surface area contributed by atoms with Crippen LogP contribution in [0.2, 0.25) is 0 Å². The van der Waals surface area contributed by atoms with Crippen molar-refractivity contribution in [1.82, 2.24) is 4.98 Å². The molecule has 3 N–H and O–H groups in total. The molecule has 0 fully saturated rings. The lowest BCUT2D eigenvalue weighted by Crippen LogP contribution is -2.09. The topological polar surface area (TPSA) is 65.6 Å². The van der Waals surface area contributed by atoms with Gasteiger partial charge in [-0.05, 0) is 31.5 Å². The van der Waals surface area contributed by atoms with Gasteiger partial charge in [-0.25, -0.2) is 0 Å². The predicted molar refractivity (Wildman–Crippen MR) is 69.8 cm³/mol. The van der Waals surface area contributed by atoms with Crippen LogP contribution in [0.5, 0.6) is 0 Å². The highest BCUT2D eigenvalue weighted by Gasteiger charge is 2.33. The smallest absolute Gasteiger partial charge is 0.398 e. The number of H-pyrrole nitrogens is 1. The van der Waals surface area contributed by atoms with Gasteiger partial charge in [0, 0.05) is 22.6 Å². The van der Waals surface area contributed by atoms with E-state index in [1.807, 2.05) is 6.07 Å². The molecule has 0 aliphatic heterocycles. The highest BCUT2D eigenvalue weighted by Crippen LogP contribution is 2.38. The molecule has 0 saturated heterocycles. The second kappa shape index (κ2) is 4.60. The molecular formula is C14H12F3N3.